The first kappa shape index (κ1) is 18.8. The van der Waals surface area contributed by atoms with Gasteiger partial charge in [-0.05, 0) is 66.9 Å². The highest BCUT2D eigenvalue weighted by molar-refractivity contribution is 5.67. The molecule has 0 spiro atoms. The fourth-order valence-corrected chi connectivity index (χ4v) is 4.39. The lowest BCUT2D eigenvalue weighted by Crippen LogP contribution is -2.35. The van der Waals surface area contributed by atoms with Crippen LogP contribution in [0, 0.1) is 0 Å². The number of anilines is 1. The van der Waals surface area contributed by atoms with Crippen LogP contribution >= 0.6 is 0 Å². The lowest BCUT2D eigenvalue weighted by atomic mass is 9.76. The molecule has 2 atom stereocenters. The minimum Gasteiger partial charge on any atom is -0.378 e. The highest BCUT2D eigenvalue weighted by Gasteiger charge is 2.29. The normalized spacial score (nSPS) is 18.8. The molecule has 0 bridgehead atoms. The van der Waals surface area contributed by atoms with Gasteiger partial charge in [0.25, 0.3) is 0 Å². The van der Waals surface area contributed by atoms with Crippen LogP contribution in [0.1, 0.15) is 29.0 Å². The molecule has 2 nitrogen and oxygen atoms in total. The Bertz CT molecular complexity index is 941. The molecule has 0 radical (unpaired) electrons. The highest BCUT2D eigenvalue weighted by Crippen LogP contribution is 2.39. The van der Waals surface area contributed by atoms with Crippen LogP contribution in [-0.4, -0.2) is 39.1 Å². The van der Waals surface area contributed by atoms with Crippen LogP contribution in [0.2, 0.25) is 0 Å². The van der Waals surface area contributed by atoms with E-state index < -0.39 is 0 Å². The number of hydrogen-bond donors (Lipinski definition) is 0. The predicted octanol–water partition coefficient (Wildman–Crippen LogP) is 5.43. The van der Waals surface area contributed by atoms with Crippen molar-refractivity contribution in [2.24, 2.45) is 0 Å². The Labute approximate surface area is 169 Å². The third-order valence-electron chi connectivity index (χ3n) is 6.13. The Balaban J connectivity index is 1.70. The Kier molecular flexibility index (Phi) is 5.23. The number of rotatable bonds is 4. The molecular formula is C26H30N2. The van der Waals surface area contributed by atoms with E-state index in [0.717, 1.165) is 6.42 Å². The van der Waals surface area contributed by atoms with Crippen molar-refractivity contribution < 1.29 is 0 Å². The highest BCUT2D eigenvalue weighted by atomic mass is 15.1. The Morgan fingerprint density at radius 2 is 1.50 bits per heavy atom. The summed E-state index contributed by atoms with van der Waals surface area (Å²) in [6, 6.07) is 27.6. The summed E-state index contributed by atoms with van der Waals surface area (Å²) in [4.78, 5) is 4.52. The van der Waals surface area contributed by atoms with E-state index in [0.29, 0.717) is 12.0 Å². The largest absolute Gasteiger partial charge is 0.378 e. The SMILES string of the molecule is CN(C)c1ccc(-c2cccc([C@H]3C[C@@H](N(C)C)Cc4ccccc43)c2)cc1. The van der Waals surface area contributed by atoms with Crippen LogP contribution < -0.4 is 4.90 Å². The summed E-state index contributed by atoms with van der Waals surface area (Å²) >= 11 is 0. The van der Waals surface area contributed by atoms with E-state index >= 15 is 0 Å². The van der Waals surface area contributed by atoms with E-state index in [-0.39, 0.29) is 0 Å². The molecule has 3 aromatic carbocycles. The first-order valence-corrected chi connectivity index (χ1v) is 10.1. The predicted molar refractivity (Wildman–Crippen MR) is 120 cm³/mol. The molecule has 0 unspecified atom stereocenters. The van der Waals surface area contributed by atoms with E-state index in [4.69, 9.17) is 0 Å². The van der Waals surface area contributed by atoms with E-state index in [1.807, 2.05) is 0 Å². The average Bonchev–Trinajstić information content (AvgIpc) is 2.73. The van der Waals surface area contributed by atoms with Gasteiger partial charge in [0.15, 0.2) is 0 Å². The maximum Gasteiger partial charge on any atom is 0.0361 e. The Morgan fingerprint density at radius 3 is 2.21 bits per heavy atom. The molecule has 28 heavy (non-hydrogen) atoms. The molecule has 2 heteroatoms. The smallest absolute Gasteiger partial charge is 0.0361 e. The van der Waals surface area contributed by atoms with Crippen molar-refractivity contribution in [2.45, 2.75) is 24.8 Å². The van der Waals surface area contributed by atoms with Crippen molar-refractivity contribution in [3.8, 4) is 11.1 Å². The minimum absolute atomic E-state index is 0.457. The first-order chi connectivity index (χ1) is 13.5. The van der Waals surface area contributed by atoms with Crippen molar-refractivity contribution in [3.63, 3.8) is 0 Å². The Hall–Kier alpha value is -2.58. The fraction of sp³-hybridized carbons (Fsp3) is 0.308. The van der Waals surface area contributed by atoms with Gasteiger partial charge in [0, 0.05) is 31.7 Å². The third kappa shape index (κ3) is 3.70. The molecule has 0 aromatic heterocycles. The second-order valence-electron chi connectivity index (χ2n) is 8.38. The van der Waals surface area contributed by atoms with Crippen LogP contribution in [0.15, 0.2) is 72.8 Å². The van der Waals surface area contributed by atoms with Gasteiger partial charge in [0.2, 0.25) is 0 Å². The van der Waals surface area contributed by atoms with E-state index in [9.17, 15) is 0 Å². The third-order valence-corrected chi connectivity index (χ3v) is 6.13. The van der Waals surface area contributed by atoms with Crippen LogP contribution in [0.4, 0.5) is 5.69 Å². The summed E-state index contributed by atoms with van der Waals surface area (Å²) < 4.78 is 0. The van der Waals surface area contributed by atoms with Gasteiger partial charge in [-0.15, -0.1) is 0 Å². The van der Waals surface area contributed by atoms with E-state index in [2.05, 4.69) is 111 Å². The van der Waals surface area contributed by atoms with E-state index in [1.165, 1.54) is 39.9 Å². The number of fused-ring (bicyclic) bond motifs is 1. The summed E-state index contributed by atoms with van der Waals surface area (Å²) in [7, 11) is 8.57. The first-order valence-electron chi connectivity index (χ1n) is 10.1. The molecule has 1 aliphatic rings. The summed E-state index contributed by atoms with van der Waals surface area (Å²) in [5.41, 5.74) is 8.23. The second-order valence-corrected chi connectivity index (χ2v) is 8.38. The van der Waals surface area contributed by atoms with Crippen molar-refractivity contribution in [1.82, 2.24) is 4.90 Å². The van der Waals surface area contributed by atoms with Crippen molar-refractivity contribution in [1.29, 1.82) is 0 Å². The molecule has 0 N–H and O–H groups in total. The van der Waals surface area contributed by atoms with Crippen LogP contribution in [-0.2, 0) is 6.42 Å². The van der Waals surface area contributed by atoms with Gasteiger partial charge >= 0.3 is 0 Å². The van der Waals surface area contributed by atoms with Crippen molar-refractivity contribution in [3.05, 3.63) is 89.5 Å². The van der Waals surface area contributed by atoms with Crippen LogP contribution in [0.5, 0.6) is 0 Å². The second kappa shape index (κ2) is 7.81. The van der Waals surface area contributed by atoms with Crippen LogP contribution in [0.3, 0.4) is 0 Å². The molecule has 3 aromatic rings. The number of likely N-dealkylation sites (N-methyl/N-ethyl adjacent to an activating group) is 1. The molecule has 4 rings (SSSR count). The van der Waals surface area contributed by atoms with Gasteiger partial charge in [0.1, 0.15) is 0 Å². The summed E-state index contributed by atoms with van der Waals surface area (Å²) in [5, 5.41) is 0. The molecule has 0 heterocycles. The molecule has 0 aliphatic heterocycles. The quantitative estimate of drug-likeness (QED) is 0.604. The standard InChI is InChI=1S/C26H30N2/c1-27(2)23-14-12-19(13-15-23)20-9-7-10-21(16-20)26-18-24(28(3)4)17-22-8-5-6-11-25(22)26/h5-16,24,26H,17-18H2,1-4H3/t24-,26+/m0/s1. The van der Waals surface area contributed by atoms with Crippen molar-refractivity contribution in [2.75, 3.05) is 33.1 Å². The van der Waals surface area contributed by atoms with Gasteiger partial charge in [0.05, 0.1) is 0 Å². The minimum atomic E-state index is 0.457. The summed E-state index contributed by atoms with van der Waals surface area (Å²) in [5.74, 6) is 0.457. The summed E-state index contributed by atoms with van der Waals surface area (Å²) in [6.45, 7) is 0. The monoisotopic (exact) mass is 370 g/mol. The van der Waals surface area contributed by atoms with Gasteiger partial charge in [-0.1, -0.05) is 60.7 Å². The number of nitrogens with zero attached hydrogens (tertiary/aromatic N) is 2. The molecule has 0 fully saturated rings. The lowest BCUT2D eigenvalue weighted by molar-refractivity contribution is 0.258. The molecule has 144 valence electrons. The fourth-order valence-electron chi connectivity index (χ4n) is 4.39. The lowest BCUT2D eigenvalue weighted by Gasteiger charge is -2.35. The maximum atomic E-state index is 2.39. The average molecular weight is 371 g/mol. The number of hydrogen-bond acceptors (Lipinski definition) is 2. The zero-order valence-electron chi connectivity index (χ0n) is 17.4. The van der Waals surface area contributed by atoms with Crippen LogP contribution in [0.25, 0.3) is 11.1 Å². The van der Waals surface area contributed by atoms with Crippen molar-refractivity contribution >= 4 is 5.69 Å². The summed E-state index contributed by atoms with van der Waals surface area (Å²) in [6.07, 6.45) is 2.32. The van der Waals surface area contributed by atoms with Gasteiger partial charge in [-0.2, -0.15) is 0 Å². The molecule has 0 saturated carbocycles. The maximum absolute atomic E-state index is 2.39. The van der Waals surface area contributed by atoms with Gasteiger partial charge in [-0.25, -0.2) is 0 Å². The Morgan fingerprint density at radius 1 is 0.750 bits per heavy atom. The zero-order chi connectivity index (χ0) is 19.7. The molecule has 0 saturated heterocycles. The molecular weight excluding hydrogens is 340 g/mol. The van der Waals surface area contributed by atoms with Gasteiger partial charge in [-0.3, -0.25) is 0 Å². The molecule has 0 amide bonds. The molecule has 1 aliphatic carbocycles. The number of benzene rings is 3. The van der Waals surface area contributed by atoms with E-state index in [1.54, 1.807) is 0 Å². The zero-order valence-corrected chi connectivity index (χ0v) is 17.4. The topological polar surface area (TPSA) is 6.48 Å². The van der Waals surface area contributed by atoms with Gasteiger partial charge < -0.3 is 9.80 Å².